The molecule has 0 aliphatic heterocycles. The molecule has 0 unspecified atom stereocenters. The van der Waals surface area contributed by atoms with Crippen molar-refractivity contribution in [3.05, 3.63) is 145 Å². The number of fused-ring (bicyclic) bond motifs is 2. The van der Waals surface area contributed by atoms with Crippen molar-refractivity contribution in [2.24, 2.45) is 11.1 Å². The van der Waals surface area contributed by atoms with Gasteiger partial charge in [-0.1, -0.05) is 53.7 Å². The molecule has 0 fully saturated rings. The monoisotopic (exact) mass is 712 g/mol. The zero-order valence-corrected chi connectivity index (χ0v) is 28.8. The van der Waals surface area contributed by atoms with Crippen LogP contribution in [0, 0.1) is 0 Å². The lowest BCUT2D eigenvalue weighted by molar-refractivity contribution is 0.101. The Morgan fingerprint density at radius 3 is 1.56 bits per heavy atom. The standard InChI is InChI=1S/C19H15N5O.C19H14N4O.ClH.H3NO/c1-13(23-25)16-5-4-6-17(22-16)14-8-9-15-12-21-24(18(15)11-14)19-7-2-3-10-20-19;1-13(24)16-5-4-6-17(22-16)14-8-9-15-12-21-23(18(15)11-14)19-7-2-3-10-20-19;;1-2/h2-12,25H,1H3;2-12H,1H3;1H;2H,1H2/b23-13+;;;. The van der Waals surface area contributed by atoms with Gasteiger partial charge in [-0.15, -0.1) is 12.4 Å². The minimum absolute atomic E-state index is 0. The van der Waals surface area contributed by atoms with Crippen LogP contribution in [0.15, 0.2) is 139 Å². The van der Waals surface area contributed by atoms with Gasteiger partial charge in [0.05, 0.1) is 40.5 Å². The number of halogens is 1. The van der Waals surface area contributed by atoms with Crippen molar-refractivity contribution in [1.29, 1.82) is 0 Å². The van der Waals surface area contributed by atoms with E-state index in [1.807, 2.05) is 120 Å². The third-order valence-corrected chi connectivity index (χ3v) is 7.85. The maximum absolute atomic E-state index is 11.6. The van der Waals surface area contributed by atoms with Crippen LogP contribution in [0.1, 0.15) is 30.0 Å². The number of rotatable bonds is 6. The molecule has 0 amide bonds. The number of Topliss-reactive ketones (excluding diaryl/α,β-unsaturated/α-hetero) is 1. The first kappa shape index (κ1) is 36.6. The second kappa shape index (κ2) is 16.8. The molecule has 2 aromatic carbocycles. The topological polar surface area (TPSA) is 183 Å². The molecular formula is C38H33ClN10O3. The van der Waals surface area contributed by atoms with Crippen LogP contribution in [0.3, 0.4) is 0 Å². The quantitative estimate of drug-likeness (QED) is 0.0694. The molecular weight excluding hydrogens is 680 g/mol. The summed E-state index contributed by atoms with van der Waals surface area (Å²) in [6.07, 6.45) is 7.12. The fourth-order valence-electron chi connectivity index (χ4n) is 5.32. The Kier molecular flexibility index (Phi) is 11.8. The molecule has 6 heterocycles. The predicted molar refractivity (Wildman–Crippen MR) is 201 cm³/mol. The lowest BCUT2D eigenvalue weighted by atomic mass is 10.1. The van der Waals surface area contributed by atoms with E-state index in [1.165, 1.54) is 6.92 Å². The van der Waals surface area contributed by atoms with Crippen molar-refractivity contribution in [1.82, 2.24) is 39.5 Å². The van der Waals surface area contributed by atoms with E-state index in [4.69, 9.17) is 10.4 Å². The highest BCUT2D eigenvalue weighted by atomic mass is 35.5. The Morgan fingerprint density at radius 2 is 1.12 bits per heavy atom. The number of hydrogen-bond donors (Lipinski definition) is 3. The fourth-order valence-corrected chi connectivity index (χ4v) is 5.32. The molecule has 0 saturated heterocycles. The van der Waals surface area contributed by atoms with Gasteiger partial charge in [0.15, 0.2) is 17.4 Å². The molecule has 8 aromatic rings. The first-order valence-electron chi connectivity index (χ1n) is 15.7. The van der Waals surface area contributed by atoms with Gasteiger partial charge in [0.2, 0.25) is 0 Å². The molecule has 4 N–H and O–H groups in total. The fraction of sp³-hybridized carbons (Fsp3) is 0.0526. The Labute approximate surface area is 304 Å². The summed E-state index contributed by atoms with van der Waals surface area (Å²) < 4.78 is 3.61. The average Bonchev–Trinajstić information content (AvgIpc) is 3.83. The van der Waals surface area contributed by atoms with Gasteiger partial charge in [-0.3, -0.25) is 4.79 Å². The summed E-state index contributed by atoms with van der Waals surface area (Å²) in [6.45, 7) is 3.23. The Balaban J connectivity index is 0.000000189. The summed E-state index contributed by atoms with van der Waals surface area (Å²) in [5.74, 6) is 4.98. The van der Waals surface area contributed by atoms with Gasteiger partial charge in [-0.25, -0.2) is 35.2 Å². The average molecular weight is 713 g/mol. The molecule has 0 radical (unpaired) electrons. The van der Waals surface area contributed by atoms with Crippen molar-refractivity contribution in [3.8, 4) is 34.2 Å². The van der Waals surface area contributed by atoms with Gasteiger partial charge in [0, 0.05) is 41.2 Å². The number of oxime groups is 1. The van der Waals surface area contributed by atoms with Crippen molar-refractivity contribution in [2.45, 2.75) is 13.8 Å². The minimum Gasteiger partial charge on any atom is -0.411 e. The zero-order valence-electron chi connectivity index (χ0n) is 28.0. The summed E-state index contributed by atoms with van der Waals surface area (Å²) in [4.78, 5) is 29.3. The minimum atomic E-state index is -0.0449. The number of nitrogens with two attached hydrogens (primary N) is 1. The molecule has 0 saturated carbocycles. The molecule has 0 spiro atoms. The van der Waals surface area contributed by atoms with Crippen LogP contribution in [0.25, 0.3) is 56.0 Å². The molecule has 52 heavy (non-hydrogen) atoms. The van der Waals surface area contributed by atoms with Crippen LogP contribution in [0.5, 0.6) is 0 Å². The van der Waals surface area contributed by atoms with Gasteiger partial charge < -0.3 is 10.4 Å². The van der Waals surface area contributed by atoms with E-state index in [0.29, 0.717) is 17.1 Å². The third kappa shape index (κ3) is 7.87. The lowest BCUT2D eigenvalue weighted by Crippen LogP contribution is -2.00. The van der Waals surface area contributed by atoms with E-state index in [9.17, 15) is 4.79 Å². The maximum Gasteiger partial charge on any atom is 0.178 e. The SMILES string of the molecule is C/C(=N\O)c1cccc(-c2ccc3cnn(-c4ccccn4)c3c2)n1.CC(=O)c1cccc(-c2ccc3cnn(-c4ccccn4)c3c2)n1.Cl.NO. The van der Waals surface area contributed by atoms with Gasteiger partial charge in [0.1, 0.15) is 11.4 Å². The lowest BCUT2D eigenvalue weighted by Gasteiger charge is -2.06. The maximum atomic E-state index is 11.6. The number of pyridine rings is 4. The first-order valence-corrected chi connectivity index (χ1v) is 15.7. The number of benzene rings is 2. The van der Waals surface area contributed by atoms with Gasteiger partial charge >= 0.3 is 0 Å². The number of ketones is 1. The van der Waals surface area contributed by atoms with Crippen LogP contribution in [0.2, 0.25) is 0 Å². The molecule has 260 valence electrons. The molecule has 0 atom stereocenters. The van der Waals surface area contributed by atoms with Crippen molar-refractivity contribution in [3.63, 3.8) is 0 Å². The molecule has 0 aliphatic carbocycles. The Bertz CT molecular complexity index is 2470. The normalized spacial score (nSPS) is 10.8. The summed E-state index contributed by atoms with van der Waals surface area (Å²) in [6, 6.07) is 34.6. The zero-order chi connectivity index (χ0) is 35.7. The summed E-state index contributed by atoms with van der Waals surface area (Å²) in [7, 11) is 0. The largest absolute Gasteiger partial charge is 0.411 e. The highest BCUT2D eigenvalue weighted by Gasteiger charge is 2.11. The summed E-state index contributed by atoms with van der Waals surface area (Å²) in [5, 5.41) is 29.6. The predicted octanol–water partition coefficient (Wildman–Crippen LogP) is 7.12. The van der Waals surface area contributed by atoms with E-state index in [0.717, 1.165) is 56.0 Å². The summed E-state index contributed by atoms with van der Waals surface area (Å²) >= 11 is 0. The van der Waals surface area contributed by atoms with Crippen molar-refractivity contribution in [2.75, 3.05) is 0 Å². The van der Waals surface area contributed by atoms with Crippen molar-refractivity contribution < 1.29 is 15.2 Å². The molecule has 0 aliphatic rings. The number of nitrogens with zero attached hydrogens (tertiary/aromatic N) is 9. The highest BCUT2D eigenvalue weighted by molar-refractivity contribution is 5.97. The smallest absolute Gasteiger partial charge is 0.178 e. The second-order valence-corrected chi connectivity index (χ2v) is 11.1. The number of hydrogen-bond acceptors (Lipinski definition) is 11. The van der Waals surface area contributed by atoms with Crippen molar-refractivity contribution >= 4 is 45.7 Å². The molecule has 0 bridgehead atoms. The van der Waals surface area contributed by atoms with E-state index in [-0.39, 0.29) is 18.2 Å². The number of carbonyl (C=O) groups excluding carboxylic acids is 1. The van der Waals surface area contributed by atoms with Crippen LogP contribution < -0.4 is 5.90 Å². The van der Waals surface area contributed by atoms with Gasteiger partial charge in [-0.05, 0) is 67.6 Å². The Morgan fingerprint density at radius 1 is 0.635 bits per heavy atom. The third-order valence-electron chi connectivity index (χ3n) is 7.85. The first-order chi connectivity index (χ1) is 25.0. The van der Waals surface area contributed by atoms with Crippen LogP contribution in [0.4, 0.5) is 0 Å². The van der Waals surface area contributed by atoms with Crippen LogP contribution in [-0.2, 0) is 0 Å². The summed E-state index contributed by atoms with van der Waals surface area (Å²) in [5.41, 5.74) is 6.93. The van der Waals surface area contributed by atoms with Gasteiger partial charge in [-0.2, -0.15) is 10.2 Å². The van der Waals surface area contributed by atoms with E-state index < -0.39 is 0 Å². The van der Waals surface area contributed by atoms with E-state index in [2.05, 4.69) is 41.2 Å². The van der Waals surface area contributed by atoms with Gasteiger partial charge in [0.25, 0.3) is 0 Å². The molecule has 6 aromatic heterocycles. The molecule has 8 rings (SSSR count). The molecule has 14 heteroatoms. The Hall–Kier alpha value is -6.67. The van der Waals surface area contributed by atoms with E-state index >= 15 is 0 Å². The van der Waals surface area contributed by atoms with Crippen LogP contribution in [-0.4, -0.2) is 61.4 Å². The molecule has 13 nitrogen and oxygen atoms in total. The number of carbonyl (C=O) groups is 1. The van der Waals surface area contributed by atoms with Crippen LogP contribution >= 0.6 is 12.4 Å². The van der Waals surface area contributed by atoms with E-state index in [1.54, 1.807) is 30.1 Å². The second-order valence-electron chi connectivity index (χ2n) is 11.1. The number of aromatic nitrogens is 8. The highest BCUT2D eigenvalue weighted by Crippen LogP contribution is 2.26.